The normalized spacial score (nSPS) is 19.0. The average molecular weight is 343 g/mol. The first kappa shape index (κ1) is 20.2. The van der Waals surface area contributed by atoms with Crippen LogP contribution in [0.5, 0.6) is 0 Å². The van der Waals surface area contributed by atoms with Crippen LogP contribution in [-0.2, 0) is 14.3 Å². The van der Waals surface area contributed by atoms with E-state index in [0.717, 1.165) is 12.8 Å². The van der Waals surface area contributed by atoms with Crippen LogP contribution in [0.15, 0.2) is 0 Å². The van der Waals surface area contributed by atoms with Crippen LogP contribution >= 0.6 is 0 Å². The van der Waals surface area contributed by atoms with Gasteiger partial charge in [-0.1, -0.05) is 13.8 Å². The molecule has 1 heterocycles. The smallest absolute Gasteiger partial charge is 0.334 e. The number of rotatable bonds is 8. The predicted octanol–water partition coefficient (Wildman–Crippen LogP) is 0.670. The number of carboxylic acids is 1. The highest BCUT2D eigenvalue weighted by Crippen LogP contribution is 2.19. The summed E-state index contributed by atoms with van der Waals surface area (Å²) in [5.74, 6) is -0.839. The van der Waals surface area contributed by atoms with E-state index in [1.165, 1.54) is 7.11 Å². The van der Waals surface area contributed by atoms with E-state index in [-0.39, 0.29) is 30.8 Å². The molecule has 138 valence electrons. The van der Waals surface area contributed by atoms with Crippen LogP contribution in [0, 0.1) is 11.8 Å². The molecule has 0 radical (unpaired) electrons. The number of amides is 3. The van der Waals surface area contributed by atoms with Crippen molar-refractivity contribution in [2.24, 2.45) is 11.8 Å². The number of urea groups is 1. The van der Waals surface area contributed by atoms with Crippen molar-refractivity contribution in [3.8, 4) is 0 Å². The highest BCUT2D eigenvalue weighted by molar-refractivity contribution is 5.78. The minimum Gasteiger partial charge on any atom is -0.479 e. The standard InChI is InChI=1S/C16H29N3O5/c1-11(2)8-18-16(23)19-6-4-5-12(10-19)7-14(20)17-9-13(24-3)15(21)22/h11-13H,4-10H2,1-3H3,(H,17,20)(H,18,23)(H,21,22). The van der Waals surface area contributed by atoms with Gasteiger partial charge in [-0.3, -0.25) is 4.79 Å². The Bertz CT molecular complexity index is 441. The Kier molecular flexibility index (Phi) is 8.53. The highest BCUT2D eigenvalue weighted by atomic mass is 16.5. The van der Waals surface area contributed by atoms with Gasteiger partial charge in [0.15, 0.2) is 6.10 Å². The van der Waals surface area contributed by atoms with Gasteiger partial charge in [0.25, 0.3) is 0 Å². The molecule has 2 atom stereocenters. The molecule has 8 heteroatoms. The van der Waals surface area contributed by atoms with Crippen LogP contribution in [0.3, 0.4) is 0 Å². The summed E-state index contributed by atoms with van der Waals surface area (Å²) in [5.41, 5.74) is 0. The zero-order valence-electron chi connectivity index (χ0n) is 14.7. The Morgan fingerprint density at radius 2 is 1.96 bits per heavy atom. The van der Waals surface area contributed by atoms with E-state index >= 15 is 0 Å². The number of nitrogens with one attached hydrogen (secondary N) is 2. The van der Waals surface area contributed by atoms with Crippen LogP contribution in [0.25, 0.3) is 0 Å². The van der Waals surface area contributed by atoms with Crippen molar-refractivity contribution in [3.63, 3.8) is 0 Å². The monoisotopic (exact) mass is 343 g/mol. The molecule has 8 nitrogen and oxygen atoms in total. The number of piperidine rings is 1. The predicted molar refractivity (Wildman–Crippen MR) is 88.6 cm³/mol. The molecule has 24 heavy (non-hydrogen) atoms. The van der Waals surface area contributed by atoms with Crippen molar-refractivity contribution < 1.29 is 24.2 Å². The number of methoxy groups -OCH3 is 1. The van der Waals surface area contributed by atoms with E-state index in [1.54, 1.807) is 4.90 Å². The Morgan fingerprint density at radius 3 is 2.54 bits per heavy atom. The fourth-order valence-corrected chi connectivity index (χ4v) is 2.63. The number of carboxylic acid groups (broad SMARTS) is 1. The van der Waals surface area contributed by atoms with Crippen molar-refractivity contribution in [1.82, 2.24) is 15.5 Å². The van der Waals surface area contributed by atoms with Gasteiger partial charge in [-0.2, -0.15) is 0 Å². The van der Waals surface area contributed by atoms with Crippen LogP contribution in [0.4, 0.5) is 4.79 Å². The molecule has 1 saturated heterocycles. The molecule has 0 aromatic carbocycles. The SMILES string of the molecule is COC(CNC(=O)CC1CCCN(C(=O)NCC(C)C)C1)C(=O)O. The van der Waals surface area contributed by atoms with Crippen molar-refractivity contribution in [1.29, 1.82) is 0 Å². The Labute approximate surface area is 142 Å². The van der Waals surface area contributed by atoms with Gasteiger partial charge in [0.05, 0.1) is 6.54 Å². The van der Waals surface area contributed by atoms with E-state index in [4.69, 9.17) is 9.84 Å². The molecule has 0 spiro atoms. The van der Waals surface area contributed by atoms with Crippen molar-refractivity contribution in [3.05, 3.63) is 0 Å². The molecule has 3 N–H and O–H groups in total. The number of likely N-dealkylation sites (tertiary alicyclic amines) is 1. The van der Waals surface area contributed by atoms with Gasteiger partial charge in [-0.05, 0) is 24.7 Å². The van der Waals surface area contributed by atoms with E-state index < -0.39 is 12.1 Å². The summed E-state index contributed by atoms with van der Waals surface area (Å²) in [5, 5.41) is 14.3. The lowest BCUT2D eigenvalue weighted by Gasteiger charge is -2.32. The van der Waals surface area contributed by atoms with Gasteiger partial charge in [-0.15, -0.1) is 0 Å². The lowest BCUT2D eigenvalue weighted by Crippen LogP contribution is -2.47. The molecular weight excluding hydrogens is 314 g/mol. The highest BCUT2D eigenvalue weighted by Gasteiger charge is 2.26. The topological polar surface area (TPSA) is 108 Å². The Hall–Kier alpha value is -1.83. The molecule has 0 aromatic rings. The maximum atomic E-state index is 12.1. The third-order valence-corrected chi connectivity index (χ3v) is 3.99. The summed E-state index contributed by atoms with van der Waals surface area (Å²) >= 11 is 0. The Balaban J connectivity index is 2.38. The first-order valence-corrected chi connectivity index (χ1v) is 8.38. The van der Waals surface area contributed by atoms with Crippen molar-refractivity contribution >= 4 is 17.9 Å². The molecule has 3 amide bonds. The van der Waals surface area contributed by atoms with Crippen LogP contribution < -0.4 is 10.6 Å². The summed E-state index contributed by atoms with van der Waals surface area (Å²) in [6.07, 6.45) is 0.986. The van der Waals surface area contributed by atoms with E-state index in [2.05, 4.69) is 10.6 Å². The number of carbonyl (C=O) groups is 3. The first-order valence-electron chi connectivity index (χ1n) is 8.38. The molecule has 1 aliphatic heterocycles. The molecule has 1 fully saturated rings. The van der Waals surface area contributed by atoms with Gasteiger partial charge in [0.2, 0.25) is 5.91 Å². The fourth-order valence-electron chi connectivity index (χ4n) is 2.63. The summed E-state index contributed by atoms with van der Waals surface area (Å²) in [6.45, 7) is 5.89. The number of ether oxygens (including phenoxy) is 1. The minimum absolute atomic E-state index is 0.0595. The summed E-state index contributed by atoms with van der Waals surface area (Å²) in [6, 6.07) is -0.0841. The molecule has 1 rings (SSSR count). The second-order valence-electron chi connectivity index (χ2n) is 6.60. The second-order valence-corrected chi connectivity index (χ2v) is 6.60. The number of hydrogen-bond donors (Lipinski definition) is 3. The van der Waals surface area contributed by atoms with Crippen LogP contribution in [-0.4, -0.2) is 67.3 Å². The molecule has 0 bridgehead atoms. The lowest BCUT2D eigenvalue weighted by atomic mass is 9.94. The molecule has 2 unspecified atom stereocenters. The van der Waals surface area contributed by atoms with Crippen molar-refractivity contribution in [2.75, 3.05) is 33.3 Å². The number of nitrogens with zero attached hydrogens (tertiary/aromatic N) is 1. The molecule has 0 saturated carbocycles. The largest absolute Gasteiger partial charge is 0.479 e. The van der Waals surface area contributed by atoms with E-state index in [1.807, 2.05) is 13.8 Å². The first-order chi connectivity index (χ1) is 11.3. The Morgan fingerprint density at radius 1 is 1.25 bits per heavy atom. The summed E-state index contributed by atoms with van der Waals surface area (Å²) < 4.78 is 4.77. The van der Waals surface area contributed by atoms with Crippen LogP contribution in [0.1, 0.15) is 33.1 Å². The third-order valence-electron chi connectivity index (χ3n) is 3.99. The number of carbonyl (C=O) groups excluding carboxylic acids is 2. The fraction of sp³-hybridized carbons (Fsp3) is 0.812. The average Bonchev–Trinajstić information content (AvgIpc) is 2.53. The van der Waals surface area contributed by atoms with Gasteiger partial charge in [-0.25, -0.2) is 9.59 Å². The maximum absolute atomic E-state index is 12.1. The quantitative estimate of drug-likeness (QED) is 0.600. The van der Waals surface area contributed by atoms with Gasteiger partial charge >= 0.3 is 12.0 Å². The molecule has 0 aromatic heterocycles. The molecule has 1 aliphatic rings. The second kappa shape index (κ2) is 10.1. The molecule has 0 aliphatic carbocycles. The minimum atomic E-state index is -1.11. The lowest BCUT2D eigenvalue weighted by molar-refractivity contribution is -0.148. The zero-order valence-corrected chi connectivity index (χ0v) is 14.7. The summed E-state index contributed by atoms with van der Waals surface area (Å²) in [4.78, 5) is 36.6. The van der Waals surface area contributed by atoms with Gasteiger partial charge in [0.1, 0.15) is 0 Å². The van der Waals surface area contributed by atoms with E-state index in [9.17, 15) is 14.4 Å². The number of aliphatic carboxylic acids is 1. The summed E-state index contributed by atoms with van der Waals surface area (Å²) in [7, 11) is 1.29. The van der Waals surface area contributed by atoms with Crippen LogP contribution in [0.2, 0.25) is 0 Å². The van der Waals surface area contributed by atoms with E-state index in [0.29, 0.717) is 25.6 Å². The number of hydrogen-bond acceptors (Lipinski definition) is 4. The maximum Gasteiger partial charge on any atom is 0.334 e. The third kappa shape index (κ3) is 7.16. The molecular formula is C16H29N3O5. The van der Waals surface area contributed by atoms with Crippen molar-refractivity contribution in [2.45, 2.75) is 39.2 Å². The zero-order chi connectivity index (χ0) is 18.1. The van der Waals surface area contributed by atoms with Gasteiger partial charge < -0.3 is 25.4 Å². The van der Waals surface area contributed by atoms with Gasteiger partial charge in [0, 0.05) is 33.2 Å².